The van der Waals surface area contributed by atoms with Gasteiger partial charge in [-0.3, -0.25) is 59.1 Å². The van der Waals surface area contributed by atoms with E-state index in [1.54, 1.807) is 24.3 Å². The first kappa shape index (κ1) is 40.7. The molecular weight excluding hydrogens is 658 g/mol. The van der Waals surface area contributed by atoms with Gasteiger partial charge in [0.1, 0.15) is 0 Å². The first-order chi connectivity index (χ1) is 23.7. The molecule has 1 atom stereocenters. The maximum Gasteiger partial charge on any atom is 0.317 e. The molecule has 0 saturated carbocycles. The van der Waals surface area contributed by atoms with E-state index in [-0.39, 0.29) is 45.7 Å². The Morgan fingerprint density at radius 2 is 1.02 bits per heavy atom. The van der Waals surface area contributed by atoms with Crippen LogP contribution >= 0.6 is 0 Å². The van der Waals surface area contributed by atoms with Crippen molar-refractivity contribution < 1.29 is 54.0 Å². The van der Waals surface area contributed by atoms with Gasteiger partial charge in [-0.1, -0.05) is 54.6 Å². The van der Waals surface area contributed by atoms with E-state index in [9.17, 15) is 33.6 Å². The van der Waals surface area contributed by atoms with E-state index in [1.165, 1.54) is 4.90 Å². The Morgan fingerprint density at radius 3 is 1.50 bits per heavy atom. The third-order valence-corrected chi connectivity index (χ3v) is 7.11. The van der Waals surface area contributed by atoms with Crippen molar-refractivity contribution in [2.75, 3.05) is 58.9 Å². The van der Waals surface area contributed by atoms with E-state index in [4.69, 9.17) is 26.2 Å². The molecule has 0 heterocycles. The van der Waals surface area contributed by atoms with Gasteiger partial charge in [0.05, 0.1) is 45.2 Å². The molecule has 2 aromatic rings. The summed E-state index contributed by atoms with van der Waals surface area (Å²) in [5.41, 5.74) is 12.8. The van der Waals surface area contributed by atoms with Crippen LogP contribution in [0.1, 0.15) is 16.7 Å². The molecule has 0 aliphatic heterocycles. The van der Waals surface area contributed by atoms with Crippen LogP contribution in [0.15, 0.2) is 54.6 Å². The quantitative estimate of drug-likeness (QED) is 0.0572. The molecule has 9 N–H and O–H groups in total. The lowest BCUT2D eigenvalue weighted by Crippen LogP contribution is -2.50. The molecule has 3 amide bonds. The number of rotatable bonds is 23. The molecule has 272 valence electrons. The molecule has 0 bridgehead atoms. The van der Waals surface area contributed by atoms with Crippen LogP contribution in [0.2, 0.25) is 0 Å². The lowest BCUT2D eigenvalue weighted by atomic mass is 10.1. The molecule has 0 unspecified atom stereocenters. The SMILES string of the molecule is N[C@H](Cc1ccccc1)C(=O)NNC(=O)Cc1ccc(CNC(=O)CN(CCN(CC(=O)O)CC(=O)O)CCN(CC(=O)O)CC(=O)O)cc1. The van der Waals surface area contributed by atoms with Crippen LogP contribution in [0.4, 0.5) is 0 Å². The fourth-order valence-electron chi connectivity index (χ4n) is 4.68. The second kappa shape index (κ2) is 21.5. The minimum atomic E-state index is -1.25. The number of hydrogen-bond acceptors (Lipinski definition) is 11. The average molecular weight is 702 g/mol. The van der Waals surface area contributed by atoms with Crippen molar-refractivity contribution in [2.45, 2.75) is 25.4 Å². The number of amides is 3. The van der Waals surface area contributed by atoms with E-state index >= 15 is 0 Å². The van der Waals surface area contributed by atoms with Crippen molar-refractivity contribution in [1.82, 2.24) is 30.9 Å². The van der Waals surface area contributed by atoms with Gasteiger partial charge in [0.15, 0.2) is 0 Å². The Bertz CT molecular complexity index is 1390. The van der Waals surface area contributed by atoms with Crippen LogP contribution in [0.5, 0.6) is 0 Å². The smallest absolute Gasteiger partial charge is 0.317 e. The van der Waals surface area contributed by atoms with Crippen LogP contribution in [-0.4, -0.2) is 142 Å². The van der Waals surface area contributed by atoms with Crippen LogP contribution in [0.25, 0.3) is 0 Å². The molecule has 0 aliphatic rings. The van der Waals surface area contributed by atoms with E-state index in [0.717, 1.165) is 15.4 Å². The first-order valence-electron chi connectivity index (χ1n) is 15.5. The largest absolute Gasteiger partial charge is 0.480 e. The Kier molecular flexibility index (Phi) is 17.5. The molecule has 0 spiro atoms. The Morgan fingerprint density at radius 1 is 0.560 bits per heavy atom. The summed E-state index contributed by atoms with van der Waals surface area (Å²) in [6.07, 6.45) is 0.256. The topological polar surface area (TPSA) is 272 Å². The van der Waals surface area contributed by atoms with Crippen molar-refractivity contribution in [3.05, 3.63) is 71.3 Å². The number of carboxylic acid groups (broad SMARTS) is 4. The number of aliphatic carboxylic acids is 4. The van der Waals surface area contributed by atoms with Gasteiger partial charge in [-0.2, -0.15) is 0 Å². The lowest BCUT2D eigenvalue weighted by Gasteiger charge is -2.28. The third kappa shape index (κ3) is 17.6. The van der Waals surface area contributed by atoms with Crippen molar-refractivity contribution >= 4 is 41.6 Å². The van der Waals surface area contributed by atoms with E-state index in [0.29, 0.717) is 17.5 Å². The van der Waals surface area contributed by atoms with Crippen molar-refractivity contribution in [3.8, 4) is 0 Å². The molecule has 0 saturated heterocycles. The Balaban J connectivity index is 1.91. The van der Waals surface area contributed by atoms with Crippen LogP contribution < -0.4 is 21.9 Å². The predicted octanol–water partition coefficient (Wildman–Crippen LogP) is -2.19. The second-order valence-electron chi connectivity index (χ2n) is 11.4. The number of carbonyl (C=O) groups excluding carboxylic acids is 3. The maximum absolute atomic E-state index is 12.9. The fraction of sp³-hybridized carbons (Fsp3) is 0.406. The van der Waals surface area contributed by atoms with Crippen molar-refractivity contribution in [1.29, 1.82) is 0 Å². The minimum absolute atomic E-state index is 0.0259. The number of nitrogens with zero attached hydrogens (tertiary/aromatic N) is 3. The van der Waals surface area contributed by atoms with Gasteiger partial charge in [-0.25, -0.2) is 0 Å². The number of nitrogens with one attached hydrogen (secondary N) is 3. The monoisotopic (exact) mass is 701 g/mol. The highest BCUT2D eigenvalue weighted by atomic mass is 16.4. The van der Waals surface area contributed by atoms with E-state index < -0.39 is 73.8 Å². The first-order valence-corrected chi connectivity index (χ1v) is 15.5. The number of carboxylic acids is 4. The standard InChI is InChI=1S/C32H43N7O11/c33-25(14-22-4-2-1-3-5-22)32(50)36-35-26(40)15-23-6-8-24(9-7-23)16-34-27(41)17-37(10-12-38(18-28(42)43)19-29(44)45)11-13-39(20-30(46)47)21-31(48)49/h1-9,25H,10-21,33H2,(H,34,41)(H,35,40)(H,36,50)(H,42,43)(H,44,45)(H,46,47)(H,48,49)/t25-/m1/s1. The summed E-state index contributed by atoms with van der Waals surface area (Å²) in [5, 5.41) is 39.2. The molecular formula is C32H43N7O11. The van der Waals surface area contributed by atoms with Crippen molar-refractivity contribution in [3.63, 3.8) is 0 Å². The molecule has 50 heavy (non-hydrogen) atoms. The van der Waals surface area contributed by atoms with Crippen molar-refractivity contribution in [2.24, 2.45) is 5.73 Å². The summed E-state index contributed by atoms with van der Waals surface area (Å²) in [4.78, 5) is 86.1. The van der Waals surface area contributed by atoms with Gasteiger partial charge in [-0.05, 0) is 23.1 Å². The second-order valence-corrected chi connectivity index (χ2v) is 11.4. The van der Waals surface area contributed by atoms with Gasteiger partial charge in [0.25, 0.3) is 5.91 Å². The van der Waals surface area contributed by atoms with Gasteiger partial charge in [0.2, 0.25) is 11.8 Å². The number of benzene rings is 2. The highest BCUT2D eigenvalue weighted by Crippen LogP contribution is 2.06. The zero-order chi connectivity index (χ0) is 37.1. The number of nitrogens with two attached hydrogens (primary N) is 1. The summed E-state index contributed by atoms with van der Waals surface area (Å²) < 4.78 is 0. The van der Waals surface area contributed by atoms with E-state index in [1.807, 2.05) is 30.3 Å². The molecule has 0 radical (unpaired) electrons. The number of hydrogen-bond donors (Lipinski definition) is 8. The third-order valence-electron chi connectivity index (χ3n) is 7.11. The van der Waals surface area contributed by atoms with Crippen LogP contribution in [0, 0.1) is 0 Å². The minimum Gasteiger partial charge on any atom is -0.480 e. The van der Waals surface area contributed by atoms with E-state index in [2.05, 4.69) is 16.2 Å². The summed E-state index contributed by atoms with van der Waals surface area (Å²) in [7, 11) is 0. The summed E-state index contributed by atoms with van der Waals surface area (Å²) in [5.74, 6) is -6.46. The summed E-state index contributed by atoms with van der Waals surface area (Å²) >= 11 is 0. The average Bonchev–Trinajstić information content (AvgIpc) is 3.03. The highest BCUT2D eigenvalue weighted by Gasteiger charge is 2.20. The molecule has 0 fully saturated rings. The predicted molar refractivity (Wildman–Crippen MR) is 176 cm³/mol. The Labute approximate surface area is 287 Å². The summed E-state index contributed by atoms with van der Waals surface area (Å²) in [6.45, 7) is -2.44. The normalized spacial score (nSPS) is 11.6. The van der Waals surface area contributed by atoms with Crippen LogP contribution in [0.3, 0.4) is 0 Å². The van der Waals surface area contributed by atoms with Crippen LogP contribution in [-0.2, 0) is 52.9 Å². The molecule has 2 rings (SSSR count). The maximum atomic E-state index is 12.9. The molecule has 0 aromatic heterocycles. The molecule has 18 nitrogen and oxygen atoms in total. The number of hydrazine groups is 1. The zero-order valence-corrected chi connectivity index (χ0v) is 27.3. The van der Waals surface area contributed by atoms with Gasteiger partial charge in [0, 0.05) is 32.7 Å². The van der Waals surface area contributed by atoms with Gasteiger partial charge in [-0.15, -0.1) is 0 Å². The van der Waals surface area contributed by atoms with Gasteiger partial charge < -0.3 is 31.5 Å². The molecule has 2 aromatic carbocycles. The molecule has 0 aliphatic carbocycles. The Hall–Kier alpha value is -5.43. The molecule has 18 heteroatoms. The number of carbonyl (C=O) groups is 7. The van der Waals surface area contributed by atoms with Gasteiger partial charge >= 0.3 is 23.9 Å². The summed E-state index contributed by atoms with van der Waals surface area (Å²) in [6, 6.07) is 15.1. The highest BCUT2D eigenvalue weighted by molar-refractivity contribution is 5.86. The zero-order valence-electron chi connectivity index (χ0n) is 27.3. The lowest BCUT2D eigenvalue weighted by molar-refractivity contribution is -0.143. The fourth-order valence-corrected chi connectivity index (χ4v) is 4.68.